The van der Waals surface area contributed by atoms with Crippen molar-refractivity contribution in [3.8, 4) is 11.1 Å². The van der Waals surface area contributed by atoms with E-state index in [2.05, 4.69) is 34.6 Å². The molecule has 0 aliphatic heterocycles. The van der Waals surface area contributed by atoms with Crippen molar-refractivity contribution in [2.45, 2.75) is 19.4 Å². The molecule has 1 heterocycles. The van der Waals surface area contributed by atoms with Crippen LogP contribution in [0.4, 0.5) is 0 Å². The fourth-order valence-electron chi connectivity index (χ4n) is 1.88. The molecular formula is C16H19N3O3. The summed E-state index contributed by atoms with van der Waals surface area (Å²) < 4.78 is 0. The lowest BCUT2D eigenvalue weighted by molar-refractivity contribution is -0.141. The van der Waals surface area contributed by atoms with E-state index in [-0.39, 0.29) is 18.5 Å². The van der Waals surface area contributed by atoms with E-state index in [1.807, 2.05) is 0 Å². The second-order valence-electron chi connectivity index (χ2n) is 4.74. The monoisotopic (exact) mass is 301 g/mol. The van der Waals surface area contributed by atoms with Crippen molar-refractivity contribution < 1.29 is 14.7 Å². The van der Waals surface area contributed by atoms with Crippen molar-refractivity contribution in [3.05, 3.63) is 54.4 Å². The van der Waals surface area contributed by atoms with Crippen molar-refractivity contribution in [1.82, 2.24) is 16.5 Å². The maximum atomic E-state index is 10.8. The van der Waals surface area contributed by atoms with Gasteiger partial charge in [-0.05, 0) is 28.8 Å². The average Bonchev–Trinajstić information content (AvgIpc) is 3.05. The number of amides is 1. The van der Waals surface area contributed by atoms with E-state index < -0.39 is 12.0 Å². The summed E-state index contributed by atoms with van der Waals surface area (Å²) in [6, 6.07) is 11.1. The van der Waals surface area contributed by atoms with Gasteiger partial charge in [0.25, 0.3) is 0 Å². The lowest BCUT2D eigenvalue weighted by Crippen LogP contribution is -2.41. The fraction of sp³-hybridized carbons (Fsp3) is 0.188. The highest BCUT2D eigenvalue weighted by Gasteiger charge is 2.18. The van der Waals surface area contributed by atoms with Crippen molar-refractivity contribution in [3.63, 3.8) is 0 Å². The van der Waals surface area contributed by atoms with Gasteiger partial charge in [-0.15, -0.1) is 0 Å². The second-order valence-corrected chi connectivity index (χ2v) is 4.74. The van der Waals surface area contributed by atoms with E-state index in [4.69, 9.17) is 5.11 Å². The lowest BCUT2D eigenvalue weighted by Gasteiger charge is -2.12. The van der Waals surface area contributed by atoms with Gasteiger partial charge in [-0.2, -0.15) is 0 Å². The minimum Gasteiger partial charge on any atom is -0.480 e. The van der Waals surface area contributed by atoms with Crippen LogP contribution in [0.5, 0.6) is 0 Å². The molecule has 116 valence electrons. The molecule has 1 atom stereocenters. The van der Waals surface area contributed by atoms with E-state index in [1.54, 1.807) is 24.5 Å². The zero-order valence-corrected chi connectivity index (χ0v) is 12.3. The quantitative estimate of drug-likeness (QED) is 0.682. The van der Waals surface area contributed by atoms with Gasteiger partial charge in [0.05, 0.1) is 0 Å². The van der Waals surface area contributed by atoms with Crippen LogP contribution < -0.4 is 11.5 Å². The molecule has 0 spiro atoms. The number of aliphatic carboxylic acids is 1. The van der Waals surface area contributed by atoms with Crippen LogP contribution in [-0.4, -0.2) is 28.0 Å². The molecule has 0 fully saturated rings. The number of aromatic nitrogens is 1. The number of hydrogen-bond acceptors (Lipinski definition) is 4. The summed E-state index contributed by atoms with van der Waals surface area (Å²) >= 11 is 0. The molecule has 2 aliphatic rings. The molecule has 22 heavy (non-hydrogen) atoms. The molecule has 0 aromatic carbocycles. The van der Waals surface area contributed by atoms with Crippen LogP contribution in [0, 0.1) is 0 Å². The Morgan fingerprint density at radius 1 is 1.23 bits per heavy atom. The van der Waals surface area contributed by atoms with Crippen molar-refractivity contribution in [2.75, 3.05) is 0 Å². The number of fused-ring (bicyclic) bond motifs is 1. The van der Waals surface area contributed by atoms with Gasteiger partial charge >= 0.3 is 5.97 Å². The second kappa shape index (κ2) is 7.90. The molecule has 1 amide bonds. The Kier molecular flexibility index (Phi) is 6.22. The van der Waals surface area contributed by atoms with Gasteiger partial charge in [-0.3, -0.25) is 9.78 Å². The third-order valence-electron chi connectivity index (χ3n) is 2.95. The molecule has 0 radical (unpaired) electrons. The third-order valence-corrected chi connectivity index (χ3v) is 2.95. The van der Waals surface area contributed by atoms with Crippen LogP contribution in [0.15, 0.2) is 48.8 Å². The molecular weight excluding hydrogens is 282 g/mol. The first-order chi connectivity index (χ1) is 10.1. The summed E-state index contributed by atoms with van der Waals surface area (Å²) in [6.07, 6.45) is 3.43. The molecule has 0 bridgehead atoms. The molecule has 1 unspecified atom stereocenters. The summed E-state index contributed by atoms with van der Waals surface area (Å²) in [6.45, 7) is 1.29. The molecule has 5 N–H and O–H groups in total. The minimum absolute atomic E-state index is 0. The zero-order valence-electron chi connectivity index (χ0n) is 12.3. The van der Waals surface area contributed by atoms with Gasteiger partial charge < -0.3 is 16.6 Å². The SMILES string of the molecule is CC(=O)NC(Cc1cccnc1)C(=O)O.N.c1cc2cc-2c1. The Balaban J connectivity index is 0.000000284. The largest absolute Gasteiger partial charge is 0.480 e. The van der Waals surface area contributed by atoms with Crippen LogP contribution in [-0.2, 0) is 16.0 Å². The Hall–Kier alpha value is -2.73. The molecule has 6 nitrogen and oxygen atoms in total. The summed E-state index contributed by atoms with van der Waals surface area (Å²) in [5.41, 5.74) is 3.63. The average molecular weight is 301 g/mol. The number of rotatable bonds is 4. The van der Waals surface area contributed by atoms with Crippen LogP contribution in [0.2, 0.25) is 0 Å². The first-order valence-electron chi connectivity index (χ1n) is 6.55. The number of carboxylic acid groups (broad SMARTS) is 1. The minimum atomic E-state index is -1.05. The van der Waals surface area contributed by atoms with Crippen LogP contribution >= 0.6 is 0 Å². The van der Waals surface area contributed by atoms with Crippen molar-refractivity contribution in [2.24, 2.45) is 0 Å². The predicted molar refractivity (Wildman–Crippen MR) is 83.6 cm³/mol. The van der Waals surface area contributed by atoms with Crippen molar-refractivity contribution in [1.29, 1.82) is 0 Å². The van der Waals surface area contributed by atoms with Crippen LogP contribution in [0.25, 0.3) is 11.1 Å². The Labute approximate surface area is 128 Å². The van der Waals surface area contributed by atoms with Gasteiger partial charge in [0.15, 0.2) is 0 Å². The maximum absolute atomic E-state index is 10.8. The molecule has 1 aromatic heterocycles. The van der Waals surface area contributed by atoms with E-state index in [9.17, 15) is 9.59 Å². The standard InChI is InChI=1S/C10H12N2O3.C6H4.H3N/c1-7(13)12-9(10(14)15)5-8-3-2-4-11-6-8;1-2-5-4-6(5)3-1;/h2-4,6,9H,5H2,1H3,(H,12,13)(H,14,15);1-4H;1H3. The zero-order chi connectivity index (χ0) is 15.2. The van der Waals surface area contributed by atoms with Gasteiger partial charge in [0.1, 0.15) is 6.04 Å². The molecule has 6 heteroatoms. The Bertz CT molecular complexity index is 627. The highest BCUT2D eigenvalue weighted by atomic mass is 16.4. The van der Waals surface area contributed by atoms with Gasteiger partial charge in [-0.1, -0.05) is 24.3 Å². The van der Waals surface area contributed by atoms with E-state index in [0.29, 0.717) is 0 Å². The molecule has 0 saturated heterocycles. The number of carboxylic acids is 1. The van der Waals surface area contributed by atoms with Crippen LogP contribution in [0.1, 0.15) is 12.5 Å². The van der Waals surface area contributed by atoms with E-state index in [1.165, 1.54) is 18.1 Å². The number of pyridine rings is 1. The highest BCUT2D eigenvalue weighted by Crippen LogP contribution is 2.32. The molecule has 0 saturated carbocycles. The van der Waals surface area contributed by atoms with Crippen molar-refractivity contribution >= 4 is 11.9 Å². The number of nitrogens with one attached hydrogen (secondary N) is 1. The Morgan fingerprint density at radius 3 is 2.27 bits per heavy atom. The number of hydrogen-bond donors (Lipinski definition) is 3. The third kappa shape index (κ3) is 5.34. The predicted octanol–water partition coefficient (Wildman–Crippen LogP) is 2.04. The fourth-order valence-corrected chi connectivity index (χ4v) is 1.88. The summed E-state index contributed by atoms with van der Waals surface area (Å²) in [4.78, 5) is 25.4. The first-order valence-corrected chi connectivity index (χ1v) is 6.55. The normalized spacial score (nSPS) is 11.1. The van der Waals surface area contributed by atoms with Gasteiger partial charge in [0, 0.05) is 25.7 Å². The molecule has 2 aliphatic carbocycles. The first kappa shape index (κ1) is 17.3. The number of benzene rings is 1. The number of carbonyl (C=O) groups is 2. The highest BCUT2D eigenvalue weighted by molar-refractivity contribution is 5.82. The van der Waals surface area contributed by atoms with Gasteiger partial charge in [-0.25, -0.2) is 4.79 Å². The number of carbonyl (C=O) groups excluding carboxylic acids is 1. The van der Waals surface area contributed by atoms with E-state index in [0.717, 1.165) is 5.56 Å². The lowest BCUT2D eigenvalue weighted by atomic mass is 10.1. The Morgan fingerprint density at radius 2 is 1.91 bits per heavy atom. The maximum Gasteiger partial charge on any atom is 0.326 e. The van der Waals surface area contributed by atoms with E-state index >= 15 is 0 Å². The number of nitrogens with zero attached hydrogens (tertiary/aromatic N) is 1. The summed E-state index contributed by atoms with van der Waals surface area (Å²) in [5, 5.41) is 11.2. The summed E-state index contributed by atoms with van der Waals surface area (Å²) in [5.74, 6) is -1.40. The summed E-state index contributed by atoms with van der Waals surface area (Å²) in [7, 11) is 0. The smallest absolute Gasteiger partial charge is 0.326 e. The molecule has 3 rings (SSSR count). The topological polar surface area (TPSA) is 114 Å². The van der Waals surface area contributed by atoms with Crippen LogP contribution in [0.3, 0.4) is 0 Å². The van der Waals surface area contributed by atoms with Gasteiger partial charge in [0.2, 0.25) is 5.91 Å². The molecule has 1 aromatic rings.